The molecule has 0 spiro atoms. The average Bonchev–Trinajstić information content (AvgIpc) is 2.30. The van der Waals surface area contributed by atoms with E-state index in [1.165, 1.54) is 5.56 Å². The molecule has 0 unspecified atom stereocenters. The van der Waals surface area contributed by atoms with E-state index in [1.807, 2.05) is 13.0 Å². The summed E-state index contributed by atoms with van der Waals surface area (Å²) in [5, 5.41) is 5.26. The van der Waals surface area contributed by atoms with Crippen molar-refractivity contribution in [1.29, 1.82) is 0 Å². The van der Waals surface area contributed by atoms with E-state index in [4.69, 9.17) is 16.6 Å². The first-order valence-corrected chi connectivity index (χ1v) is 6.75. The zero-order valence-corrected chi connectivity index (χ0v) is 12.1. The third-order valence-electron chi connectivity index (χ3n) is 3.09. The number of anilines is 1. The van der Waals surface area contributed by atoms with Crippen LogP contribution in [0.3, 0.4) is 0 Å². The van der Waals surface area contributed by atoms with Crippen molar-refractivity contribution in [2.45, 2.75) is 33.6 Å². The summed E-state index contributed by atoms with van der Waals surface area (Å²) in [5.41, 5.74) is 3.30. The lowest BCUT2D eigenvalue weighted by molar-refractivity contribution is 0.861. The fourth-order valence-electron chi connectivity index (χ4n) is 2.08. The molecule has 1 aromatic heterocycles. The van der Waals surface area contributed by atoms with Crippen LogP contribution in [0.2, 0.25) is 5.02 Å². The number of benzene rings is 1. The molecule has 0 saturated heterocycles. The summed E-state index contributed by atoms with van der Waals surface area (Å²) in [6, 6.07) is 6.26. The first-order chi connectivity index (χ1) is 8.52. The standard InChI is InChI=1S/C15H19ClN2/c1-5-17-15-12(9(2)3)7-11-6-10(4)13(16)8-14(11)18-15/h6-9H,5H2,1-4H3,(H,17,18). The zero-order valence-electron chi connectivity index (χ0n) is 11.3. The minimum absolute atomic E-state index is 0.451. The van der Waals surface area contributed by atoms with Crippen molar-refractivity contribution < 1.29 is 0 Å². The Morgan fingerprint density at radius 2 is 2.00 bits per heavy atom. The second-order valence-corrected chi connectivity index (χ2v) is 5.31. The lowest BCUT2D eigenvalue weighted by Crippen LogP contribution is -2.05. The Morgan fingerprint density at radius 3 is 2.61 bits per heavy atom. The van der Waals surface area contributed by atoms with Crippen molar-refractivity contribution in [3.05, 3.63) is 34.3 Å². The van der Waals surface area contributed by atoms with Gasteiger partial charge in [-0.15, -0.1) is 0 Å². The van der Waals surface area contributed by atoms with Gasteiger partial charge in [0, 0.05) is 17.0 Å². The van der Waals surface area contributed by atoms with Crippen LogP contribution in [-0.2, 0) is 0 Å². The molecule has 1 aromatic carbocycles. The first kappa shape index (κ1) is 13.2. The minimum Gasteiger partial charge on any atom is -0.370 e. The summed E-state index contributed by atoms with van der Waals surface area (Å²) in [6.45, 7) is 9.35. The quantitative estimate of drug-likeness (QED) is 0.863. The van der Waals surface area contributed by atoms with Crippen LogP contribution in [-0.4, -0.2) is 11.5 Å². The van der Waals surface area contributed by atoms with Gasteiger partial charge in [0.2, 0.25) is 0 Å². The number of rotatable bonds is 3. The van der Waals surface area contributed by atoms with E-state index < -0.39 is 0 Å². The van der Waals surface area contributed by atoms with Crippen molar-refractivity contribution in [2.75, 3.05) is 11.9 Å². The van der Waals surface area contributed by atoms with Gasteiger partial charge in [0.15, 0.2) is 0 Å². The van der Waals surface area contributed by atoms with Gasteiger partial charge in [0.1, 0.15) is 5.82 Å². The maximum absolute atomic E-state index is 6.16. The molecule has 0 atom stereocenters. The van der Waals surface area contributed by atoms with E-state index in [9.17, 15) is 0 Å². The Balaban J connectivity index is 2.68. The van der Waals surface area contributed by atoms with E-state index in [2.05, 4.69) is 38.2 Å². The summed E-state index contributed by atoms with van der Waals surface area (Å²) >= 11 is 6.16. The van der Waals surface area contributed by atoms with E-state index in [-0.39, 0.29) is 0 Å². The SMILES string of the molecule is CCNc1nc2cc(Cl)c(C)cc2cc1C(C)C. The summed E-state index contributed by atoms with van der Waals surface area (Å²) in [7, 11) is 0. The van der Waals surface area contributed by atoms with Crippen LogP contribution in [0.15, 0.2) is 18.2 Å². The number of fused-ring (bicyclic) bond motifs is 1. The normalized spacial score (nSPS) is 11.2. The maximum Gasteiger partial charge on any atom is 0.130 e. The fraction of sp³-hybridized carbons (Fsp3) is 0.400. The molecule has 2 aromatic rings. The van der Waals surface area contributed by atoms with Crippen LogP contribution < -0.4 is 5.32 Å². The molecular formula is C15H19ClN2. The predicted octanol–water partition coefficient (Wildman–Crippen LogP) is 4.75. The van der Waals surface area contributed by atoms with Gasteiger partial charge in [0.05, 0.1) is 5.52 Å². The van der Waals surface area contributed by atoms with Crippen LogP contribution in [0.4, 0.5) is 5.82 Å². The summed E-state index contributed by atoms with van der Waals surface area (Å²) in [5.74, 6) is 1.42. The molecule has 0 amide bonds. The van der Waals surface area contributed by atoms with Gasteiger partial charge in [-0.25, -0.2) is 4.98 Å². The molecule has 96 valence electrons. The second kappa shape index (κ2) is 5.15. The van der Waals surface area contributed by atoms with Gasteiger partial charge < -0.3 is 5.32 Å². The van der Waals surface area contributed by atoms with Gasteiger partial charge in [-0.2, -0.15) is 0 Å². The third-order valence-corrected chi connectivity index (χ3v) is 3.50. The highest BCUT2D eigenvalue weighted by Gasteiger charge is 2.10. The zero-order chi connectivity index (χ0) is 13.3. The van der Waals surface area contributed by atoms with E-state index in [1.54, 1.807) is 0 Å². The number of halogens is 1. The summed E-state index contributed by atoms with van der Waals surface area (Å²) in [4.78, 5) is 4.69. The second-order valence-electron chi connectivity index (χ2n) is 4.91. The van der Waals surface area contributed by atoms with Crippen molar-refractivity contribution >= 4 is 28.3 Å². The largest absolute Gasteiger partial charge is 0.370 e. The fourth-order valence-corrected chi connectivity index (χ4v) is 2.23. The minimum atomic E-state index is 0.451. The number of nitrogens with one attached hydrogen (secondary N) is 1. The molecular weight excluding hydrogens is 244 g/mol. The molecule has 0 bridgehead atoms. The monoisotopic (exact) mass is 262 g/mol. The van der Waals surface area contributed by atoms with Crippen molar-refractivity contribution in [2.24, 2.45) is 0 Å². The first-order valence-electron chi connectivity index (χ1n) is 6.37. The Morgan fingerprint density at radius 1 is 1.28 bits per heavy atom. The third kappa shape index (κ3) is 2.44. The van der Waals surface area contributed by atoms with Crippen molar-refractivity contribution in [3.8, 4) is 0 Å². The Kier molecular flexibility index (Phi) is 3.76. The van der Waals surface area contributed by atoms with E-state index >= 15 is 0 Å². The van der Waals surface area contributed by atoms with E-state index in [0.717, 1.165) is 33.9 Å². The van der Waals surface area contributed by atoms with Gasteiger partial charge in [-0.3, -0.25) is 0 Å². The van der Waals surface area contributed by atoms with Gasteiger partial charge in [-0.1, -0.05) is 25.4 Å². The lowest BCUT2D eigenvalue weighted by Gasteiger charge is -2.14. The molecule has 18 heavy (non-hydrogen) atoms. The summed E-state index contributed by atoms with van der Waals surface area (Å²) in [6.07, 6.45) is 0. The Bertz CT molecular complexity index is 576. The molecule has 2 nitrogen and oxygen atoms in total. The molecule has 0 radical (unpaired) electrons. The van der Waals surface area contributed by atoms with Crippen LogP contribution >= 0.6 is 11.6 Å². The lowest BCUT2D eigenvalue weighted by atomic mass is 10.0. The molecule has 1 heterocycles. The van der Waals surface area contributed by atoms with Crippen LogP contribution in [0.1, 0.15) is 37.8 Å². The highest BCUT2D eigenvalue weighted by Crippen LogP contribution is 2.29. The van der Waals surface area contributed by atoms with E-state index in [0.29, 0.717) is 5.92 Å². The van der Waals surface area contributed by atoms with Gasteiger partial charge in [0.25, 0.3) is 0 Å². The molecule has 0 aliphatic carbocycles. The smallest absolute Gasteiger partial charge is 0.130 e. The molecule has 1 N–H and O–H groups in total. The van der Waals surface area contributed by atoms with Crippen LogP contribution in [0.5, 0.6) is 0 Å². The number of aromatic nitrogens is 1. The number of hydrogen-bond acceptors (Lipinski definition) is 2. The molecule has 0 fully saturated rings. The highest BCUT2D eigenvalue weighted by molar-refractivity contribution is 6.32. The Hall–Kier alpha value is -1.28. The molecule has 3 heteroatoms. The topological polar surface area (TPSA) is 24.9 Å². The molecule has 0 aliphatic heterocycles. The predicted molar refractivity (Wildman–Crippen MR) is 79.7 cm³/mol. The maximum atomic E-state index is 6.16. The molecule has 0 saturated carbocycles. The van der Waals surface area contributed by atoms with Crippen molar-refractivity contribution in [1.82, 2.24) is 4.98 Å². The molecule has 2 rings (SSSR count). The van der Waals surface area contributed by atoms with Crippen LogP contribution in [0, 0.1) is 6.92 Å². The highest BCUT2D eigenvalue weighted by atomic mass is 35.5. The van der Waals surface area contributed by atoms with Crippen LogP contribution in [0.25, 0.3) is 10.9 Å². The number of hydrogen-bond donors (Lipinski definition) is 1. The number of pyridine rings is 1. The molecule has 0 aliphatic rings. The number of aryl methyl sites for hydroxylation is 1. The van der Waals surface area contributed by atoms with Gasteiger partial charge in [-0.05, 0) is 49.1 Å². The Labute approximate surface area is 113 Å². The van der Waals surface area contributed by atoms with Gasteiger partial charge >= 0.3 is 0 Å². The summed E-state index contributed by atoms with van der Waals surface area (Å²) < 4.78 is 0. The number of nitrogens with zero attached hydrogens (tertiary/aromatic N) is 1. The van der Waals surface area contributed by atoms with Crippen molar-refractivity contribution in [3.63, 3.8) is 0 Å². The average molecular weight is 263 g/mol.